The van der Waals surface area contributed by atoms with Gasteiger partial charge in [0.1, 0.15) is 6.10 Å². The van der Waals surface area contributed by atoms with Crippen LogP contribution in [0.15, 0.2) is 0 Å². The van der Waals surface area contributed by atoms with Gasteiger partial charge in [0.25, 0.3) is 0 Å². The third kappa shape index (κ3) is 5.39. The van der Waals surface area contributed by atoms with E-state index in [1.54, 1.807) is 0 Å². The summed E-state index contributed by atoms with van der Waals surface area (Å²) in [6.45, 7) is 2.78. The molecule has 0 saturated carbocycles. The van der Waals surface area contributed by atoms with E-state index >= 15 is 0 Å². The minimum absolute atomic E-state index is 0.416. The van der Waals surface area contributed by atoms with Gasteiger partial charge in [0.2, 0.25) is 0 Å². The Morgan fingerprint density at radius 3 is 1.92 bits per heavy atom. The highest BCUT2D eigenvalue weighted by atomic mass is 19.1. The summed E-state index contributed by atoms with van der Waals surface area (Å²) in [5.74, 6) is -2.40. The molecule has 1 aliphatic rings. The molecule has 0 aromatic rings. The van der Waals surface area contributed by atoms with Gasteiger partial charge < -0.3 is 28.8 Å². The second kappa shape index (κ2) is 8.90. The molecule has 9 nitrogen and oxygen atoms in total. The van der Waals surface area contributed by atoms with Gasteiger partial charge in [-0.25, -0.2) is 4.39 Å². The van der Waals surface area contributed by atoms with Crippen molar-refractivity contribution in [3.05, 3.63) is 0 Å². The van der Waals surface area contributed by atoms with Crippen LogP contribution in [0, 0.1) is 0 Å². The fourth-order valence-electron chi connectivity index (χ4n) is 2.37. The van der Waals surface area contributed by atoms with Crippen LogP contribution in [-0.4, -0.2) is 73.6 Å². The van der Waals surface area contributed by atoms with Crippen LogP contribution >= 0.6 is 0 Å². The van der Waals surface area contributed by atoms with E-state index in [1.807, 2.05) is 0 Å². The Morgan fingerprint density at radius 2 is 1.46 bits per heavy atom. The Labute approximate surface area is 137 Å². The van der Waals surface area contributed by atoms with Crippen LogP contribution in [0.1, 0.15) is 20.8 Å². The van der Waals surface area contributed by atoms with Gasteiger partial charge in [0.05, 0.1) is 6.61 Å². The van der Waals surface area contributed by atoms with Gasteiger partial charge in [-0.1, -0.05) is 0 Å². The number of carbonyl (C=O) groups excluding carboxylic acids is 3. The van der Waals surface area contributed by atoms with Gasteiger partial charge in [-0.05, 0) is 0 Å². The van der Waals surface area contributed by atoms with Crippen molar-refractivity contribution in [2.75, 3.05) is 13.7 Å². The van der Waals surface area contributed by atoms with E-state index in [9.17, 15) is 23.9 Å². The van der Waals surface area contributed by atoms with Crippen molar-refractivity contribution < 1.29 is 47.6 Å². The van der Waals surface area contributed by atoms with E-state index < -0.39 is 61.4 Å². The third-order valence-electron chi connectivity index (χ3n) is 3.14. The maximum atomic E-state index is 14.3. The van der Waals surface area contributed by atoms with Crippen molar-refractivity contribution >= 4 is 17.9 Å². The molecule has 10 heteroatoms. The zero-order valence-electron chi connectivity index (χ0n) is 13.8. The number of hydrogen-bond donors (Lipinski definition) is 1. The fourth-order valence-corrected chi connectivity index (χ4v) is 2.37. The lowest BCUT2D eigenvalue weighted by atomic mass is 9.95. The Balaban J connectivity index is 3.18. The van der Waals surface area contributed by atoms with Crippen molar-refractivity contribution in [2.45, 2.75) is 57.6 Å². The van der Waals surface area contributed by atoms with E-state index in [4.69, 9.17) is 18.9 Å². The first kappa shape index (κ1) is 20.3. The molecule has 0 bridgehead atoms. The summed E-state index contributed by atoms with van der Waals surface area (Å²) in [7, 11) is 1.25. The summed E-state index contributed by atoms with van der Waals surface area (Å²) >= 11 is 0. The smallest absolute Gasteiger partial charge is 0.303 e. The highest BCUT2D eigenvalue weighted by Crippen LogP contribution is 2.30. The normalized spacial score (nSPS) is 31.0. The summed E-state index contributed by atoms with van der Waals surface area (Å²) in [4.78, 5) is 33.9. The zero-order valence-corrected chi connectivity index (χ0v) is 13.8. The van der Waals surface area contributed by atoms with Gasteiger partial charge in [-0.15, -0.1) is 0 Å². The topological polar surface area (TPSA) is 118 Å². The molecule has 24 heavy (non-hydrogen) atoms. The quantitative estimate of drug-likeness (QED) is 0.498. The molecule has 6 atom stereocenters. The molecule has 0 spiro atoms. The van der Waals surface area contributed by atoms with Crippen LogP contribution in [0.4, 0.5) is 4.39 Å². The predicted molar refractivity (Wildman–Crippen MR) is 74.3 cm³/mol. The lowest BCUT2D eigenvalue weighted by Crippen LogP contribution is -2.63. The lowest BCUT2D eigenvalue weighted by Gasteiger charge is -2.43. The first-order valence-electron chi connectivity index (χ1n) is 7.15. The first-order chi connectivity index (χ1) is 11.2. The second-order valence-corrected chi connectivity index (χ2v) is 5.18. The molecule has 1 N–H and O–H groups in total. The van der Waals surface area contributed by atoms with Crippen LogP contribution in [-0.2, 0) is 38.1 Å². The molecule has 1 aliphatic heterocycles. The summed E-state index contributed by atoms with van der Waals surface area (Å²) in [6.07, 6.45) is -9.44. The Hall–Kier alpha value is -1.78. The lowest BCUT2D eigenvalue weighted by molar-refractivity contribution is -0.301. The molecule has 0 aliphatic carbocycles. The van der Waals surface area contributed by atoms with E-state index in [0.717, 1.165) is 20.8 Å². The third-order valence-corrected chi connectivity index (χ3v) is 3.14. The second-order valence-electron chi connectivity index (χ2n) is 5.18. The minimum atomic E-state index is -1.80. The van der Waals surface area contributed by atoms with Crippen LogP contribution < -0.4 is 0 Å². The van der Waals surface area contributed by atoms with Gasteiger partial charge in [0, 0.05) is 27.9 Å². The molecular formula is C14H21FO9. The minimum Gasteiger partial charge on any atom is -0.456 e. The molecule has 1 saturated heterocycles. The highest BCUT2D eigenvalue weighted by Gasteiger charge is 2.53. The van der Waals surface area contributed by atoms with Gasteiger partial charge in [0.15, 0.2) is 30.8 Å². The highest BCUT2D eigenvalue weighted by molar-refractivity contribution is 5.68. The summed E-state index contributed by atoms with van der Waals surface area (Å²) < 4.78 is 38.9. The molecule has 1 rings (SSSR count). The molecular weight excluding hydrogens is 331 g/mol. The molecule has 1 unspecified atom stereocenters. The number of rotatable bonds is 6. The molecule has 1 fully saturated rings. The van der Waals surface area contributed by atoms with E-state index in [0.29, 0.717) is 0 Å². The number of alkyl halides is 1. The Morgan fingerprint density at radius 1 is 1.00 bits per heavy atom. The molecule has 0 radical (unpaired) electrons. The molecule has 0 amide bonds. The molecule has 0 aromatic carbocycles. The molecule has 0 aromatic heterocycles. The zero-order chi connectivity index (χ0) is 18.4. The number of halogens is 1. The van der Waals surface area contributed by atoms with Crippen LogP contribution in [0.25, 0.3) is 0 Å². The molecule has 138 valence electrons. The van der Waals surface area contributed by atoms with Crippen molar-refractivity contribution in [1.82, 2.24) is 0 Å². The number of ether oxygens (including phenoxy) is 5. The van der Waals surface area contributed by atoms with E-state index in [2.05, 4.69) is 4.74 Å². The van der Waals surface area contributed by atoms with Crippen molar-refractivity contribution in [3.63, 3.8) is 0 Å². The van der Waals surface area contributed by atoms with Gasteiger partial charge in [-0.3, -0.25) is 14.4 Å². The number of aliphatic hydroxyl groups excluding tert-OH is 1. The Kier molecular flexibility index (Phi) is 7.52. The molecule has 1 heterocycles. The summed E-state index contributed by atoms with van der Waals surface area (Å²) in [6, 6.07) is 0. The average molecular weight is 352 g/mol. The van der Waals surface area contributed by atoms with Crippen molar-refractivity contribution in [2.24, 2.45) is 0 Å². The number of aliphatic hydroxyl groups is 1. The predicted octanol–water partition coefficient (Wildman–Crippen LogP) is -0.517. The van der Waals surface area contributed by atoms with Gasteiger partial charge >= 0.3 is 17.9 Å². The monoisotopic (exact) mass is 352 g/mol. The van der Waals surface area contributed by atoms with Crippen LogP contribution in [0.3, 0.4) is 0 Å². The first-order valence-corrected chi connectivity index (χ1v) is 7.15. The number of methoxy groups -OCH3 is 1. The van der Waals surface area contributed by atoms with Crippen LogP contribution in [0.5, 0.6) is 0 Å². The van der Waals surface area contributed by atoms with Crippen molar-refractivity contribution in [1.29, 1.82) is 0 Å². The largest absolute Gasteiger partial charge is 0.456 e. The maximum Gasteiger partial charge on any atom is 0.303 e. The fraction of sp³-hybridized carbons (Fsp3) is 0.786. The maximum absolute atomic E-state index is 14.3. The van der Waals surface area contributed by atoms with Crippen molar-refractivity contribution in [3.8, 4) is 0 Å². The van der Waals surface area contributed by atoms with E-state index in [-0.39, 0.29) is 0 Å². The standard InChI is InChI=1S/C14H21FO9/c1-6(16)21-11-10(9(15)5-20-4)24-14(19)13(23-8(3)18)12(11)22-7(2)17/h9-14,19H,5H2,1-4H3/t9-,10+,11+,12-,13-,14?/m0/s1. The van der Waals surface area contributed by atoms with Crippen LogP contribution in [0.2, 0.25) is 0 Å². The number of esters is 3. The van der Waals surface area contributed by atoms with Gasteiger partial charge in [-0.2, -0.15) is 0 Å². The Bertz CT molecular complexity index is 469. The number of hydrogen-bond acceptors (Lipinski definition) is 9. The number of carbonyl (C=O) groups is 3. The average Bonchev–Trinajstić information content (AvgIpc) is 2.44. The SMILES string of the molecule is COC[C@H](F)[C@H]1OC(O)[C@@H](OC(C)=O)[C@@H](OC(C)=O)[C@@H]1OC(C)=O. The summed E-state index contributed by atoms with van der Waals surface area (Å²) in [5.41, 5.74) is 0. The summed E-state index contributed by atoms with van der Waals surface area (Å²) in [5, 5.41) is 10.0. The van der Waals surface area contributed by atoms with E-state index in [1.165, 1.54) is 7.11 Å².